The van der Waals surface area contributed by atoms with Crippen molar-refractivity contribution in [2.45, 2.75) is 58.0 Å². The molecule has 2 aliphatic rings. The summed E-state index contributed by atoms with van der Waals surface area (Å²) in [4.78, 5) is 27.9. The SMILES string of the molecule is CC1CCCN(C(C)C(=O)N2CCCCC2)C1C(=O)O. The molecule has 0 radical (unpaired) electrons. The van der Waals surface area contributed by atoms with Crippen molar-refractivity contribution in [3.63, 3.8) is 0 Å². The van der Waals surface area contributed by atoms with Crippen LogP contribution in [-0.4, -0.2) is 58.5 Å². The quantitative estimate of drug-likeness (QED) is 0.853. The van der Waals surface area contributed by atoms with Gasteiger partial charge in [-0.25, -0.2) is 0 Å². The van der Waals surface area contributed by atoms with Gasteiger partial charge in [-0.1, -0.05) is 6.92 Å². The Morgan fingerprint density at radius 3 is 2.35 bits per heavy atom. The third kappa shape index (κ3) is 3.14. The van der Waals surface area contributed by atoms with Crippen LogP contribution in [-0.2, 0) is 9.59 Å². The minimum absolute atomic E-state index is 0.102. The molecule has 0 aliphatic carbocycles. The van der Waals surface area contributed by atoms with Crippen LogP contribution >= 0.6 is 0 Å². The Balaban J connectivity index is 2.06. The largest absolute Gasteiger partial charge is 0.480 e. The molecule has 0 spiro atoms. The Kier molecular flexibility index (Phi) is 5.02. The lowest BCUT2D eigenvalue weighted by atomic mass is 9.89. The lowest BCUT2D eigenvalue weighted by Crippen LogP contribution is -2.57. The zero-order valence-electron chi connectivity index (χ0n) is 12.5. The van der Waals surface area contributed by atoms with Crippen molar-refractivity contribution in [2.24, 2.45) is 5.92 Å². The standard InChI is InChI=1S/C15H26N2O3/c1-11-7-6-10-17(13(11)15(19)20)12(2)14(18)16-8-4-3-5-9-16/h11-13H,3-10H2,1-2H3,(H,19,20). The van der Waals surface area contributed by atoms with E-state index in [9.17, 15) is 14.7 Å². The number of carbonyl (C=O) groups excluding carboxylic acids is 1. The van der Waals surface area contributed by atoms with E-state index >= 15 is 0 Å². The van der Waals surface area contributed by atoms with Gasteiger partial charge >= 0.3 is 5.97 Å². The molecule has 114 valence electrons. The maximum absolute atomic E-state index is 12.6. The number of hydrogen-bond donors (Lipinski definition) is 1. The zero-order chi connectivity index (χ0) is 14.7. The lowest BCUT2D eigenvalue weighted by Gasteiger charge is -2.42. The maximum Gasteiger partial charge on any atom is 0.321 e. The number of amides is 1. The molecule has 0 aromatic carbocycles. The van der Waals surface area contributed by atoms with Gasteiger partial charge in [0, 0.05) is 13.1 Å². The molecule has 1 amide bonds. The predicted molar refractivity (Wildman–Crippen MR) is 76.4 cm³/mol. The van der Waals surface area contributed by atoms with Crippen molar-refractivity contribution >= 4 is 11.9 Å². The maximum atomic E-state index is 12.6. The minimum Gasteiger partial charge on any atom is -0.480 e. The Bertz CT molecular complexity index is 366. The summed E-state index contributed by atoms with van der Waals surface area (Å²) >= 11 is 0. The van der Waals surface area contributed by atoms with Crippen LogP contribution in [0.5, 0.6) is 0 Å². The van der Waals surface area contributed by atoms with E-state index in [4.69, 9.17) is 0 Å². The van der Waals surface area contributed by atoms with E-state index < -0.39 is 12.0 Å². The summed E-state index contributed by atoms with van der Waals surface area (Å²) < 4.78 is 0. The van der Waals surface area contributed by atoms with E-state index in [2.05, 4.69) is 0 Å². The molecule has 5 heteroatoms. The number of hydrogen-bond acceptors (Lipinski definition) is 3. The van der Waals surface area contributed by atoms with Crippen LogP contribution in [0.2, 0.25) is 0 Å². The summed E-state index contributed by atoms with van der Waals surface area (Å²) in [5, 5.41) is 9.45. The lowest BCUT2D eigenvalue weighted by molar-refractivity contribution is -0.152. The third-order valence-corrected chi connectivity index (χ3v) is 4.75. The molecule has 0 saturated carbocycles. The molecule has 2 heterocycles. The highest BCUT2D eigenvalue weighted by Crippen LogP contribution is 2.26. The van der Waals surface area contributed by atoms with Crippen molar-refractivity contribution in [1.82, 2.24) is 9.80 Å². The second-order valence-electron chi connectivity index (χ2n) is 6.20. The summed E-state index contributed by atoms with van der Waals surface area (Å²) in [6.07, 6.45) is 5.23. The molecule has 2 fully saturated rings. The van der Waals surface area contributed by atoms with Gasteiger partial charge in [0.25, 0.3) is 0 Å². The molecular weight excluding hydrogens is 256 g/mol. The average Bonchev–Trinajstić information content (AvgIpc) is 2.46. The number of likely N-dealkylation sites (tertiary alicyclic amines) is 2. The predicted octanol–water partition coefficient (Wildman–Crippen LogP) is 1.57. The normalized spacial score (nSPS) is 30.0. The topological polar surface area (TPSA) is 60.9 Å². The first-order valence-corrected chi connectivity index (χ1v) is 7.79. The number of carbonyl (C=O) groups is 2. The van der Waals surface area contributed by atoms with Crippen LogP contribution < -0.4 is 0 Å². The van der Waals surface area contributed by atoms with E-state index in [1.165, 1.54) is 6.42 Å². The summed E-state index contributed by atoms with van der Waals surface area (Å²) in [7, 11) is 0. The summed E-state index contributed by atoms with van der Waals surface area (Å²) in [6, 6.07) is -0.843. The van der Waals surface area contributed by atoms with Gasteiger partial charge < -0.3 is 10.0 Å². The highest BCUT2D eigenvalue weighted by atomic mass is 16.4. The molecule has 0 aromatic rings. The van der Waals surface area contributed by atoms with Crippen LogP contribution in [0.3, 0.4) is 0 Å². The van der Waals surface area contributed by atoms with E-state index in [-0.39, 0.29) is 17.9 Å². The van der Waals surface area contributed by atoms with Crippen LogP contribution in [0.15, 0.2) is 0 Å². The first-order chi connectivity index (χ1) is 9.52. The number of carboxylic acid groups (broad SMARTS) is 1. The van der Waals surface area contributed by atoms with Crippen molar-refractivity contribution in [3.05, 3.63) is 0 Å². The number of nitrogens with zero attached hydrogens (tertiary/aromatic N) is 2. The van der Waals surface area contributed by atoms with Crippen molar-refractivity contribution < 1.29 is 14.7 Å². The molecule has 3 atom stereocenters. The molecule has 0 bridgehead atoms. The van der Waals surface area contributed by atoms with Crippen molar-refractivity contribution in [2.75, 3.05) is 19.6 Å². The smallest absolute Gasteiger partial charge is 0.321 e. The van der Waals surface area contributed by atoms with Gasteiger partial charge in [-0.2, -0.15) is 0 Å². The molecule has 5 nitrogen and oxygen atoms in total. The van der Waals surface area contributed by atoms with Crippen LogP contribution in [0.1, 0.15) is 46.0 Å². The molecule has 2 aliphatic heterocycles. The fourth-order valence-electron chi connectivity index (χ4n) is 3.56. The minimum atomic E-state index is -0.796. The monoisotopic (exact) mass is 282 g/mol. The Morgan fingerprint density at radius 1 is 1.10 bits per heavy atom. The van der Waals surface area contributed by atoms with Crippen LogP contribution in [0.25, 0.3) is 0 Å². The van der Waals surface area contributed by atoms with E-state index in [0.29, 0.717) is 6.54 Å². The first-order valence-electron chi connectivity index (χ1n) is 7.79. The second-order valence-corrected chi connectivity index (χ2v) is 6.20. The molecule has 20 heavy (non-hydrogen) atoms. The molecule has 3 unspecified atom stereocenters. The molecule has 2 saturated heterocycles. The summed E-state index contributed by atoms with van der Waals surface area (Å²) in [6.45, 7) is 6.20. The number of carboxylic acids is 1. The van der Waals surface area contributed by atoms with E-state index in [1.54, 1.807) is 0 Å². The highest BCUT2D eigenvalue weighted by Gasteiger charge is 2.39. The molecule has 1 N–H and O–H groups in total. The number of piperidine rings is 2. The molecular formula is C15H26N2O3. The Hall–Kier alpha value is -1.10. The third-order valence-electron chi connectivity index (χ3n) is 4.75. The van der Waals surface area contributed by atoms with E-state index in [1.807, 2.05) is 23.6 Å². The van der Waals surface area contributed by atoms with Gasteiger partial charge in [0.15, 0.2) is 0 Å². The Morgan fingerprint density at radius 2 is 1.75 bits per heavy atom. The van der Waals surface area contributed by atoms with Crippen molar-refractivity contribution in [1.29, 1.82) is 0 Å². The van der Waals surface area contributed by atoms with Gasteiger partial charge in [0.2, 0.25) is 5.91 Å². The zero-order valence-corrected chi connectivity index (χ0v) is 12.5. The molecule has 0 aromatic heterocycles. The van der Waals surface area contributed by atoms with Gasteiger partial charge in [-0.05, 0) is 51.5 Å². The van der Waals surface area contributed by atoms with Crippen molar-refractivity contribution in [3.8, 4) is 0 Å². The van der Waals surface area contributed by atoms with Gasteiger partial charge in [0.1, 0.15) is 6.04 Å². The first kappa shape index (κ1) is 15.3. The van der Waals surface area contributed by atoms with E-state index in [0.717, 1.165) is 38.8 Å². The van der Waals surface area contributed by atoms with Gasteiger partial charge in [-0.15, -0.1) is 0 Å². The van der Waals surface area contributed by atoms with Crippen LogP contribution in [0.4, 0.5) is 0 Å². The summed E-state index contributed by atoms with van der Waals surface area (Å²) in [5.41, 5.74) is 0. The Labute approximate surface area is 120 Å². The summed E-state index contributed by atoms with van der Waals surface area (Å²) in [5.74, 6) is -0.585. The van der Waals surface area contributed by atoms with Gasteiger partial charge in [-0.3, -0.25) is 14.5 Å². The number of aliphatic carboxylic acids is 1. The fourth-order valence-corrected chi connectivity index (χ4v) is 3.56. The van der Waals surface area contributed by atoms with Gasteiger partial charge in [0.05, 0.1) is 6.04 Å². The number of rotatable bonds is 3. The van der Waals surface area contributed by atoms with Crippen LogP contribution in [0, 0.1) is 5.92 Å². The highest BCUT2D eigenvalue weighted by molar-refractivity contribution is 5.83. The fraction of sp³-hybridized carbons (Fsp3) is 0.867. The average molecular weight is 282 g/mol. The second kappa shape index (κ2) is 6.57. The molecule has 2 rings (SSSR count).